The predicted octanol–water partition coefficient (Wildman–Crippen LogP) is 4.56. The lowest BCUT2D eigenvalue weighted by atomic mass is 9.78. The first-order valence-corrected chi connectivity index (χ1v) is 6.46. The lowest BCUT2D eigenvalue weighted by Crippen LogP contribution is -2.24. The third kappa shape index (κ3) is 3.55. The van der Waals surface area contributed by atoms with Crippen molar-refractivity contribution >= 4 is 15.9 Å². The van der Waals surface area contributed by atoms with Gasteiger partial charge in [-0.1, -0.05) is 36.7 Å². The summed E-state index contributed by atoms with van der Waals surface area (Å²) in [6.07, 6.45) is 0.554. The van der Waals surface area contributed by atoms with Gasteiger partial charge in [-0.2, -0.15) is 0 Å². The molecule has 1 rings (SSSR count). The van der Waals surface area contributed by atoms with Crippen molar-refractivity contribution in [3.63, 3.8) is 0 Å². The van der Waals surface area contributed by atoms with Gasteiger partial charge in [-0.05, 0) is 41.5 Å². The van der Waals surface area contributed by atoms with Gasteiger partial charge >= 0.3 is 0 Å². The van der Waals surface area contributed by atoms with Crippen molar-refractivity contribution in [1.82, 2.24) is 0 Å². The SMILES string of the molecule is CC(C)(C)C(CBr)Cc1cc(F)ccc1F. The summed E-state index contributed by atoms with van der Waals surface area (Å²) in [5, 5.41) is 0.784. The van der Waals surface area contributed by atoms with E-state index in [0.717, 1.165) is 11.4 Å². The van der Waals surface area contributed by atoms with Crippen molar-refractivity contribution in [3.8, 4) is 0 Å². The third-order valence-corrected chi connectivity index (χ3v) is 3.67. The molecular formula is C13H17BrF2. The van der Waals surface area contributed by atoms with E-state index in [1.807, 2.05) is 0 Å². The van der Waals surface area contributed by atoms with Crippen LogP contribution in [0.15, 0.2) is 18.2 Å². The molecule has 0 nitrogen and oxygen atoms in total. The zero-order valence-electron chi connectivity index (χ0n) is 9.86. The molecule has 3 heteroatoms. The molecule has 0 aromatic heterocycles. The average molecular weight is 291 g/mol. The zero-order chi connectivity index (χ0) is 12.3. The molecule has 1 aromatic carbocycles. The van der Waals surface area contributed by atoms with Crippen LogP contribution in [0.3, 0.4) is 0 Å². The molecule has 0 spiro atoms. The average Bonchev–Trinajstić information content (AvgIpc) is 2.17. The van der Waals surface area contributed by atoms with Crippen molar-refractivity contribution in [3.05, 3.63) is 35.4 Å². The Labute approximate surface area is 104 Å². The van der Waals surface area contributed by atoms with Gasteiger partial charge in [-0.15, -0.1) is 0 Å². The number of rotatable bonds is 3. The molecule has 0 saturated carbocycles. The van der Waals surface area contributed by atoms with Crippen LogP contribution in [0.25, 0.3) is 0 Å². The van der Waals surface area contributed by atoms with Crippen LogP contribution in [0.2, 0.25) is 0 Å². The summed E-state index contributed by atoms with van der Waals surface area (Å²) in [5.74, 6) is -0.418. The van der Waals surface area contributed by atoms with E-state index in [1.165, 1.54) is 12.1 Å². The maximum absolute atomic E-state index is 13.5. The van der Waals surface area contributed by atoms with Gasteiger partial charge in [-0.25, -0.2) is 8.78 Å². The second-order valence-electron chi connectivity index (χ2n) is 5.16. The van der Waals surface area contributed by atoms with Gasteiger partial charge in [0.05, 0.1) is 0 Å². The van der Waals surface area contributed by atoms with E-state index >= 15 is 0 Å². The quantitative estimate of drug-likeness (QED) is 0.716. The molecule has 16 heavy (non-hydrogen) atoms. The largest absolute Gasteiger partial charge is 0.207 e. The van der Waals surface area contributed by atoms with Gasteiger partial charge < -0.3 is 0 Å². The van der Waals surface area contributed by atoms with Gasteiger partial charge in [0.15, 0.2) is 0 Å². The Balaban J connectivity index is 2.90. The van der Waals surface area contributed by atoms with Crippen molar-refractivity contribution < 1.29 is 8.78 Å². The number of alkyl halides is 1. The van der Waals surface area contributed by atoms with Gasteiger partial charge in [0.2, 0.25) is 0 Å². The first-order valence-electron chi connectivity index (χ1n) is 5.34. The first-order chi connectivity index (χ1) is 7.34. The molecule has 0 radical (unpaired) electrons. The highest BCUT2D eigenvalue weighted by Gasteiger charge is 2.24. The Morgan fingerprint density at radius 1 is 1.25 bits per heavy atom. The number of hydrogen-bond donors (Lipinski definition) is 0. The molecule has 0 saturated heterocycles. The molecule has 1 unspecified atom stereocenters. The molecule has 0 aliphatic rings. The zero-order valence-corrected chi connectivity index (χ0v) is 11.4. The van der Waals surface area contributed by atoms with Crippen LogP contribution in [0.1, 0.15) is 26.3 Å². The van der Waals surface area contributed by atoms with Crippen molar-refractivity contribution in [1.29, 1.82) is 0 Å². The molecule has 0 aliphatic heterocycles. The van der Waals surface area contributed by atoms with Crippen LogP contribution in [0, 0.1) is 23.0 Å². The Kier molecular flexibility index (Phi) is 4.48. The molecule has 0 fully saturated rings. The second-order valence-corrected chi connectivity index (χ2v) is 5.80. The van der Waals surface area contributed by atoms with Crippen molar-refractivity contribution in [2.24, 2.45) is 11.3 Å². The van der Waals surface area contributed by atoms with E-state index in [2.05, 4.69) is 36.7 Å². The number of hydrogen-bond acceptors (Lipinski definition) is 0. The van der Waals surface area contributed by atoms with E-state index in [9.17, 15) is 8.78 Å². The minimum Gasteiger partial charge on any atom is -0.207 e. The van der Waals surface area contributed by atoms with E-state index in [4.69, 9.17) is 0 Å². The van der Waals surface area contributed by atoms with Gasteiger partial charge in [0.25, 0.3) is 0 Å². The van der Waals surface area contributed by atoms with E-state index < -0.39 is 0 Å². The predicted molar refractivity (Wildman–Crippen MR) is 66.8 cm³/mol. The van der Waals surface area contributed by atoms with Gasteiger partial charge in [-0.3, -0.25) is 0 Å². The standard InChI is InChI=1S/C13H17BrF2/c1-13(2,3)10(8-14)6-9-7-11(15)4-5-12(9)16/h4-5,7,10H,6,8H2,1-3H3. The van der Waals surface area contributed by atoms with Crippen LogP contribution < -0.4 is 0 Å². The topological polar surface area (TPSA) is 0 Å². The number of halogens is 3. The molecule has 1 atom stereocenters. The lowest BCUT2D eigenvalue weighted by Gasteiger charge is -2.29. The Bertz CT molecular complexity index is 355. The minimum absolute atomic E-state index is 0.0717. The van der Waals surface area contributed by atoms with Crippen molar-refractivity contribution in [2.75, 3.05) is 5.33 Å². The van der Waals surface area contributed by atoms with E-state index in [0.29, 0.717) is 12.0 Å². The molecular weight excluding hydrogens is 274 g/mol. The highest BCUT2D eigenvalue weighted by Crippen LogP contribution is 2.31. The molecule has 0 amide bonds. The van der Waals surface area contributed by atoms with Crippen LogP contribution in [-0.4, -0.2) is 5.33 Å². The van der Waals surface area contributed by atoms with Gasteiger partial charge in [0.1, 0.15) is 11.6 Å². The van der Waals surface area contributed by atoms with Crippen LogP contribution in [-0.2, 0) is 6.42 Å². The second kappa shape index (κ2) is 5.26. The molecule has 90 valence electrons. The summed E-state index contributed by atoms with van der Waals surface area (Å²) >= 11 is 3.44. The summed E-state index contributed by atoms with van der Waals surface area (Å²) < 4.78 is 26.5. The highest BCUT2D eigenvalue weighted by molar-refractivity contribution is 9.09. The van der Waals surface area contributed by atoms with Crippen molar-refractivity contribution in [2.45, 2.75) is 27.2 Å². The number of benzene rings is 1. The monoisotopic (exact) mass is 290 g/mol. The maximum atomic E-state index is 13.5. The molecule has 0 N–H and O–H groups in total. The Hall–Kier alpha value is -0.440. The van der Waals surface area contributed by atoms with Crippen LogP contribution in [0.5, 0.6) is 0 Å². The summed E-state index contributed by atoms with van der Waals surface area (Å²) in [5.41, 5.74) is 0.529. The fourth-order valence-electron chi connectivity index (χ4n) is 1.56. The highest BCUT2D eigenvalue weighted by atomic mass is 79.9. The van der Waals surface area contributed by atoms with Crippen LogP contribution >= 0.6 is 15.9 Å². The first kappa shape index (κ1) is 13.6. The molecule has 0 heterocycles. The molecule has 0 bridgehead atoms. The fraction of sp³-hybridized carbons (Fsp3) is 0.538. The Morgan fingerprint density at radius 3 is 2.38 bits per heavy atom. The van der Waals surface area contributed by atoms with E-state index in [1.54, 1.807) is 0 Å². The van der Waals surface area contributed by atoms with E-state index in [-0.39, 0.29) is 23.0 Å². The normalized spacial score (nSPS) is 13.9. The molecule has 1 aromatic rings. The third-order valence-electron chi connectivity index (χ3n) is 2.89. The lowest BCUT2D eigenvalue weighted by molar-refractivity contribution is 0.264. The summed E-state index contributed by atoms with van der Waals surface area (Å²) in [6.45, 7) is 6.32. The smallest absolute Gasteiger partial charge is 0.126 e. The summed E-state index contributed by atoms with van der Waals surface area (Å²) in [6, 6.07) is 3.63. The minimum atomic E-state index is -0.376. The van der Waals surface area contributed by atoms with Gasteiger partial charge in [0, 0.05) is 5.33 Å². The maximum Gasteiger partial charge on any atom is 0.126 e. The van der Waals surface area contributed by atoms with Crippen LogP contribution in [0.4, 0.5) is 8.78 Å². The summed E-state index contributed by atoms with van der Waals surface area (Å²) in [4.78, 5) is 0. The molecule has 0 aliphatic carbocycles. The fourth-order valence-corrected chi connectivity index (χ4v) is 2.76. The summed E-state index contributed by atoms with van der Waals surface area (Å²) in [7, 11) is 0. The Morgan fingerprint density at radius 2 is 1.88 bits per heavy atom.